The standard InChI is InChI=1S/C23H26N2O6/c1-14(12-26)24-22(29)20(10-11-21(27)28)25-23(30)31-13-19-17-8-4-2-6-15(17)16-7-3-5-9-18(16)19/h2-9,14,19-20,26H,10-13H2,1H3,(H,24,29)(H,25,30)(H,27,28)/t14-,20?/m0/s1. The number of aliphatic hydroxyl groups is 1. The Kier molecular flexibility index (Phi) is 7.25. The molecular formula is C23H26N2O6. The average Bonchev–Trinajstić information content (AvgIpc) is 3.08. The van der Waals surface area contributed by atoms with Gasteiger partial charge in [-0.15, -0.1) is 0 Å². The molecule has 31 heavy (non-hydrogen) atoms. The lowest BCUT2D eigenvalue weighted by atomic mass is 9.98. The molecule has 0 saturated carbocycles. The molecule has 8 heteroatoms. The second kappa shape index (κ2) is 10.1. The number of carbonyl (C=O) groups is 3. The molecule has 2 atom stereocenters. The highest BCUT2D eigenvalue weighted by atomic mass is 16.5. The summed E-state index contributed by atoms with van der Waals surface area (Å²) >= 11 is 0. The van der Waals surface area contributed by atoms with Crippen LogP contribution in [0.4, 0.5) is 4.79 Å². The van der Waals surface area contributed by atoms with Gasteiger partial charge in [-0.05, 0) is 35.6 Å². The Hall–Kier alpha value is -3.39. The summed E-state index contributed by atoms with van der Waals surface area (Å²) in [5, 5.41) is 23.0. The molecule has 0 bridgehead atoms. The number of rotatable bonds is 9. The molecule has 2 aromatic rings. The van der Waals surface area contributed by atoms with Crippen molar-refractivity contribution in [3.63, 3.8) is 0 Å². The minimum Gasteiger partial charge on any atom is -0.481 e. The molecule has 0 heterocycles. The van der Waals surface area contributed by atoms with Crippen LogP contribution in [0.3, 0.4) is 0 Å². The maximum atomic E-state index is 12.4. The lowest BCUT2D eigenvalue weighted by Gasteiger charge is -2.21. The van der Waals surface area contributed by atoms with Gasteiger partial charge in [0.2, 0.25) is 5.91 Å². The van der Waals surface area contributed by atoms with E-state index in [2.05, 4.69) is 10.6 Å². The van der Waals surface area contributed by atoms with Gasteiger partial charge in [0.25, 0.3) is 0 Å². The second-order valence-electron chi connectivity index (χ2n) is 7.55. The number of fused-ring (bicyclic) bond motifs is 3. The third kappa shape index (κ3) is 5.40. The Morgan fingerprint density at radius 3 is 2.13 bits per heavy atom. The van der Waals surface area contributed by atoms with Crippen LogP contribution >= 0.6 is 0 Å². The van der Waals surface area contributed by atoms with Crippen LogP contribution in [-0.2, 0) is 14.3 Å². The van der Waals surface area contributed by atoms with Gasteiger partial charge in [-0.2, -0.15) is 0 Å². The summed E-state index contributed by atoms with van der Waals surface area (Å²) in [5.41, 5.74) is 4.33. The fourth-order valence-corrected chi connectivity index (χ4v) is 3.71. The summed E-state index contributed by atoms with van der Waals surface area (Å²) in [6.07, 6.45) is -1.19. The van der Waals surface area contributed by atoms with Crippen LogP contribution in [0.25, 0.3) is 11.1 Å². The van der Waals surface area contributed by atoms with Gasteiger partial charge in [-0.3, -0.25) is 9.59 Å². The number of carboxylic acid groups (broad SMARTS) is 1. The average molecular weight is 426 g/mol. The first-order chi connectivity index (χ1) is 14.9. The number of ether oxygens (including phenoxy) is 1. The second-order valence-corrected chi connectivity index (χ2v) is 7.55. The Balaban J connectivity index is 1.66. The SMILES string of the molecule is C[C@@H](CO)NC(=O)C(CCC(=O)O)NC(=O)OCC1c2ccccc2-c2ccccc21. The molecule has 0 aromatic heterocycles. The van der Waals surface area contributed by atoms with Crippen LogP contribution in [0.5, 0.6) is 0 Å². The van der Waals surface area contributed by atoms with E-state index in [1.807, 2.05) is 48.5 Å². The number of nitrogens with one attached hydrogen (secondary N) is 2. The van der Waals surface area contributed by atoms with Gasteiger partial charge in [0.05, 0.1) is 6.61 Å². The number of alkyl carbamates (subject to hydrolysis) is 1. The van der Waals surface area contributed by atoms with Crippen molar-refractivity contribution in [2.75, 3.05) is 13.2 Å². The molecule has 0 radical (unpaired) electrons. The summed E-state index contributed by atoms with van der Waals surface area (Å²) in [6.45, 7) is 1.40. The van der Waals surface area contributed by atoms with Crippen LogP contribution in [-0.4, -0.2) is 53.5 Å². The predicted molar refractivity (Wildman–Crippen MR) is 114 cm³/mol. The first-order valence-electron chi connectivity index (χ1n) is 10.1. The molecule has 0 saturated heterocycles. The Morgan fingerprint density at radius 1 is 1.00 bits per heavy atom. The monoisotopic (exact) mass is 426 g/mol. The van der Waals surface area contributed by atoms with Crippen LogP contribution in [0.1, 0.15) is 36.8 Å². The predicted octanol–water partition coefficient (Wildman–Crippen LogP) is 2.26. The first-order valence-corrected chi connectivity index (χ1v) is 10.1. The lowest BCUT2D eigenvalue weighted by Crippen LogP contribution is -2.50. The van der Waals surface area contributed by atoms with E-state index in [0.29, 0.717) is 0 Å². The van der Waals surface area contributed by atoms with E-state index in [1.165, 1.54) is 0 Å². The van der Waals surface area contributed by atoms with Crippen LogP contribution in [0.15, 0.2) is 48.5 Å². The molecule has 1 aliphatic rings. The number of carboxylic acids is 1. The molecule has 0 spiro atoms. The zero-order chi connectivity index (χ0) is 22.4. The fourth-order valence-electron chi connectivity index (χ4n) is 3.71. The molecule has 1 unspecified atom stereocenters. The molecule has 164 valence electrons. The lowest BCUT2D eigenvalue weighted by molar-refractivity contribution is -0.137. The third-order valence-electron chi connectivity index (χ3n) is 5.26. The molecule has 0 aliphatic heterocycles. The molecule has 2 amide bonds. The van der Waals surface area contributed by atoms with E-state index in [0.717, 1.165) is 22.3 Å². The first kappa shape index (κ1) is 22.3. The smallest absolute Gasteiger partial charge is 0.407 e. The normalized spacial score (nSPS) is 14.1. The highest BCUT2D eigenvalue weighted by molar-refractivity contribution is 5.86. The van der Waals surface area contributed by atoms with Gasteiger partial charge in [0.15, 0.2) is 0 Å². The van der Waals surface area contributed by atoms with Crippen molar-refractivity contribution in [2.24, 2.45) is 0 Å². The van der Waals surface area contributed by atoms with Gasteiger partial charge in [0.1, 0.15) is 12.6 Å². The highest BCUT2D eigenvalue weighted by Gasteiger charge is 2.30. The maximum Gasteiger partial charge on any atom is 0.407 e. The van der Waals surface area contributed by atoms with Gasteiger partial charge < -0.3 is 25.6 Å². The number of amides is 2. The maximum absolute atomic E-state index is 12.4. The number of carbonyl (C=O) groups excluding carboxylic acids is 2. The Bertz CT molecular complexity index is 915. The van der Waals surface area contributed by atoms with E-state index in [-0.39, 0.29) is 32.0 Å². The van der Waals surface area contributed by atoms with E-state index in [9.17, 15) is 14.4 Å². The summed E-state index contributed by atoms with van der Waals surface area (Å²) in [6, 6.07) is 14.3. The summed E-state index contributed by atoms with van der Waals surface area (Å²) < 4.78 is 5.43. The van der Waals surface area contributed by atoms with E-state index >= 15 is 0 Å². The van der Waals surface area contributed by atoms with Crippen LogP contribution in [0.2, 0.25) is 0 Å². The minimum atomic E-state index is -1.08. The van der Waals surface area contributed by atoms with Crippen molar-refractivity contribution >= 4 is 18.0 Å². The van der Waals surface area contributed by atoms with Crippen LogP contribution in [0, 0.1) is 0 Å². The van der Waals surface area contributed by atoms with E-state index < -0.39 is 30.1 Å². The quantitative estimate of drug-likeness (QED) is 0.487. The van der Waals surface area contributed by atoms with Gasteiger partial charge >= 0.3 is 12.1 Å². The highest BCUT2D eigenvalue weighted by Crippen LogP contribution is 2.44. The number of aliphatic carboxylic acids is 1. The molecule has 2 aromatic carbocycles. The zero-order valence-corrected chi connectivity index (χ0v) is 17.2. The number of hydrogen-bond donors (Lipinski definition) is 4. The minimum absolute atomic E-state index is 0.0835. The van der Waals surface area contributed by atoms with E-state index in [4.69, 9.17) is 14.9 Å². The molecular weight excluding hydrogens is 400 g/mol. The van der Waals surface area contributed by atoms with Crippen molar-refractivity contribution in [1.29, 1.82) is 0 Å². The van der Waals surface area contributed by atoms with Crippen molar-refractivity contribution in [1.82, 2.24) is 10.6 Å². The summed E-state index contributed by atoms with van der Waals surface area (Å²) in [4.78, 5) is 35.7. The number of aliphatic hydroxyl groups excluding tert-OH is 1. The molecule has 3 rings (SSSR count). The zero-order valence-electron chi connectivity index (χ0n) is 17.2. The van der Waals surface area contributed by atoms with Crippen molar-refractivity contribution < 1.29 is 29.3 Å². The molecule has 4 N–H and O–H groups in total. The number of hydrogen-bond acceptors (Lipinski definition) is 5. The topological polar surface area (TPSA) is 125 Å². The van der Waals surface area contributed by atoms with Crippen molar-refractivity contribution in [2.45, 2.75) is 37.8 Å². The Labute approximate surface area is 180 Å². The van der Waals surface area contributed by atoms with Gasteiger partial charge in [-0.25, -0.2) is 4.79 Å². The van der Waals surface area contributed by atoms with E-state index in [1.54, 1.807) is 6.92 Å². The van der Waals surface area contributed by atoms with Gasteiger partial charge in [-0.1, -0.05) is 48.5 Å². The fraction of sp³-hybridized carbons (Fsp3) is 0.348. The summed E-state index contributed by atoms with van der Waals surface area (Å²) in [7, 11) is 0. The molecule has 0 fully saturated rings. The van der Waals surface area contributed by atoms with Crippen molar-refractivity contribution in [3.8, 4) is 11.1 Å². The Morgan fingerprint density at radius 2 is 1.58 bits per heavy atom. The third-order valence-corrected chi connectivity index (χ3v) is 5.26. The molecule has 1 aliphatic carbocycles. The largest absolute Gasteiger partial charge is 0.481 e. The molecule has 8 nitrogen and oxygen atoms in total. The summed E-state index contributed by atoms with van der Waals surface area (Å²) in [5.74, 6) is -1.78. The van der Waals surface area contributed by atoms with Crippen LogP contribution < -0.4 is 10.6 Å². The number of benzene rings is 2. The van der Waals surface area contributed by atoms with Gasteiger partial charge in [0, 0.05) is 18.4 Å². The van der Waals surface area contributed by atoms with Crippen molar-refractivity contribution in [3.05, 3.63) is 59.7 Å².